The van der Waals surface area contributed by atoms with Gasteiger partial charge in [-0.3, -0.25) is 14.9 Å². The van der Waals surface area contributed by atoms with Gasteiger partial charge in [0.2, 0.25) is 5.91 Å². The van der Waals surface area contributed by atoms with Crippen molar-refractivity contribution in [2.45, 2.75) is 19.0 Å². The van der Waals surface area contributed by atoms with Gasteiger partial charge < -0.3 is 9.88 Å². The second kappa shape index (κ2) is 8.91. The van der Waals surface area contributed by atoms with E-state index in [9.17, 15) is 14.9 Å². The maximum Gasteiger partial charge on any atom is 0.270 e. The van der Waals surface area contributed by atoms with E-state index in [1.165, 1.54) is 23.9 Å². The van der Waals surface area contributed by atoms with Crippen molar-refractivity contribution in [2.75, 3.05) is 11.1 Å². The molecule has 0 aliphatic heterocycles. The molecule has 0 saturated carbocycles. The average molecular weight is 523 g/mol. The zero-order valence-electron chi connectivity index (χ0n) is 16.0. The van der Waals surface area contributed by atoms with Crippen molar-refractivity contribution in [3.05, 3.63) is 61.2 Å². The summed E-state index contributed by atoms with van der Waals surface area (Å²) in [4.78, 5) is 22.9. The molecule has 3 aromatic rings. The van der Waals surface area contributed by atoms with Crippen molar-refractivity contribution in [2.24, 2.45) is 7.05 Å². The summed E-state index contributed by atoms with van der Waals surface area (Å²) < 4.78 is 2.84. The summed E-state index contributed by atoms with van der Waals surface area (Å²) >= 11 is 3.51. The van der Waals surface area contributed by atoms with Crippen LogP contribution in [-0.2, 0) is 11.8 Å². The molecule has 0 radical (unpaired) electrons. The number of hydrogen-bond donors (Lipinski definition) is 1. The highest BCUT2D eigenvalue weighted by atomic mass is 127. The van der Waals surface area contributed by atoms with E-state index >= 15 is 0 Å². The summed E-state index contributed by atoms with van der Waals surface area (Å²) in [7, 11) is 1.77. The fraction of sp³-hybridized carbons (Fsp3) is 0.211. The van der Waals surface area contributed by atoms with Crippen LogP contribution in [0.2, 0.25) is 0 Å². The monoisotopic (exact) mass is 523 g/mol. The molecule has 8 nitrogen and oxygen atoms in total. The number of non-ortho nitro benzene ring substituents is 1. The number of carbonyl (C=O) groups excluding carboxylic acids is 1. The molecule has 0 fully saturated rings. The molecule has 1 heterocycles. The molecule has 10 heteroatoms. The van der Waals surface area contributed by atoms with Crippen LogP contribution in [0.25, 0.3) is 11.4 Å². The van der Waals surface area contributed by atoms with Crippen molar-refractivity contribution in [3.63, 3.8) is 0 Å². The van der Waals surface area contributed by atoms with Crippen LogP contribution < -0.4 is 5.32 Å². The molecule has 1 aromatic heterocycles. The number of nitrogens with one attached hydrogen (secondary N) is 1. The molecule has 0 spiro atoms. The zero-order valence-corrected chi connectivity index (χ0v) is 18.9. The number of benzene rings is 2. The lowest BCUT2D eigenvalue weighted by atomic mass is 10.1. The predicted molar refractivity (Wildman–Crippen MR) is 121 cm³/mol. The maximum atomic E-state index is 12.4. The molecule has 2 aromatic carbocycles. The summed E-state index contributed by atoms with van der Waals surface area (Å²) in [6.07, 6.45) is 0. The van der Waals surface area contributed by atoms with Gasteiger partial charge in [0.05, 0.1) is 10.7 Å². The van der Waals surface area contributed by atoms with Crippen LogP contribution >= 0.6 is 34.4 Å². The van der Waals surface area contributed by atoms with Gasteiger partial charge in [-0.1, -0.05) is 23.9 Å². The molecule has 1 N–H and O–H groups in total. The van der Waals surface area contributed by atoms with Gasteiger partial charge >= 0.3 is 0 Å². The Kier molecular flexibility index (Phi) is 6.52. The van der Waals surface area contributed by atoms with E-state index in [1.807, 2.05) is 26.0 Å². The van der Waals surface area contributed by atoms with Crippen LogP contribution in [0, 0.1) is 27.5 Å². The van der Waals surface area contributed by atoms with E-state index in [2.05, 4.69) is 38.1 Å². The van der Waals surface area contributed by atoms with Gasteiger partial charge in [0.1, 0.15) is 0 Å². The lowest BCUT2D eigenvalue weighted by Gasteiger charge is -2.12. The Hall–Kier alpha value is -2.47. The van der Waals surface area contributed by atoms with Crippen LogP contribution in [-0.4, -0.2) is 31.3 Å². The van der Waals surface area contributed by atoms with Crippen molar-refractivity contribution >= 4 is 51.6 Å². The molecular weight excluding hydrogens is 505 g/mol. The van der Waals surface area contributed by atoms with E-state index in [1.54, 1.807) is 23.7 Å². The first-order valence-electron chi connectivity index (χ1n) is 8.60. The maximum absolute atomic E-state index is 12.4. The third-order valence-electron chi connectivity index (χ3n) is 4.24. The molecule has 0 saturated heterocycles. The van der Waals surface area contributed by atoms with Crippen LogP contribution in [0.3, 0.4) is 0 Å². The Morgan fingerprint density at radius 3 is 2.59 bits per heavy atom. The minimum atomic E-state index is -0.450. The molecular formula is C19H18IN5O3S. The van der Waals surface area contributed by atoms with E-state index < -0.39 is 4.92 Å². The molecule has 3 rings (SSSR count). The normalized spacial score (nSPS) is 10.8. The average Bonchev–Trinajstić information content (AvgIpc) is 3.03. The Bertz CT molecular complexity index is 1080. The number of aromatic nitrogens is 3. The smallest absolute Gasteiger partial charge is 0.270 e. The molecule has 0 aliphatic carbocycles. The predicted octanol–water partition coefficient (Wildman–Crippen LogP) is 4.34. The zero-order chi connectivity index (χ0) is 21.1. The number of amides is 1. The van der Waals surface area contributed by atoms with Gasteiger partial charge in [0.25, 0.3) is 5.69 Å². The molecule has 1 amide bonds. The molecule has 0 bridgehead atoms. The number of aryl methyl sites for hydroxylation is 2. The molecule has 150 valence electrons. The summed E-state index contributed by atoms with van der Waals surface area (Å²) in [6.45, 7) is 3.93. The number of rotatable bonds is 6. The third-order valence-corrected chi connectivity index (χ3v) is 5.89. The van der Waals surface area contributed by atoms with E-state index in [-0.39, 0.29) is 17.3 Å². The Labute approximate surface area is 185 Å². The highest BCUT2D eigenvalue weighted by molar-refractivity contribution is 14.1. The second-order valence-corrected chi connectivity index (χ2v) is 8.61. The number of nitro groups is 1. The van der Waals surface area contributed by atoms with Crippen LogP contribution in [0.15, 0.2) is 41.6 Å². The first-order valence-corrected chi connectivity index (χ1v) is 10.7. The molecule has 0 atom stereocenters. The van der Waals surface area contributed by atoms with Gasteiger partial charge in [-0.15, -0.1) is 10.2 Å². The number of nitro benzene ring substituents is 1. The van der Waals surface area contributed by atoms with E-state index in [0.29, 0.717) is 16.5 Å². The Balaban J connectivity index is 1.70. The number of thioether (sulfide) groups is 1. The Morgan fingerprint density at radius 2 is 1.93 bits per heavy atom. The molecule has 0 aliphatic rings. The number of hydrogen-bond acceptors (Lipinski definition) is 6. The number of nitrogens with zero attached hydrogens (tertiary/aromatic N) is 4. The van der Waals surface area contributed by atoms with Gasteiger partial charge in [-0.05, 0) is 59.7 Å². The number of anilines is 1. The highest BCUT2D eigenvalue weighted by Crippen LogP contribution is 2.26. The van der Waals surface area contributed by atoms with Crippen molar-refractivity contribution in [1.82, 2.24) is 14.8 Å². The largest absolute Gasteiger partial charge is 0.325 e. The van der Waals surface area contributed by atoms with Gasteiger partial charge in [-0.25, -0.2) is 0 Å². The SMILES string of the molecule is Cc1cc(I)cc(C)c1NC(=O)CSc1nnc(-c2cccc([N+](=O)[O-])c2)n1C. The third kappa shape index (κ3) is 4.93. The van der Waals surface area contributed by atoms with Crippen LogP contribution in [0.1, 0.15) is 11.1 Å². The molecule has 29 heavy (non-hydrogen) atoms. The van der Waals surface area contributed by atoms with Crippen molar-refractivity contribution in [1.29, 1.82) is 0 Å². The van der Waals surface area contributed by atoms with E-state index in [0.717, 1.165) is 20.4 Å². The van der Waals surface area contributed by atoms with Crippen LogP contribution in [0.5, 0.6) is 0 Å². The Morgan fingerprint density at radius 1 is 1.24 bits per heavy atom. The van der Waals surface area contributed by atoms with Gasteiger partial charge in [0, 0.05) is 34.0 Å². The lowest BCUT2D eigenvalue weighted by Crippen LogP contribution is -2.16. The number of carbonyl (C=O) groups is 1. The lowest BCUT2D eigenvalue weighted by molar-refractivity contribution is -0.384. The quantitative estimate of drug-likeness (QED) is 0.223. The fourth-order valence-corrected chi connectivity index (χ4v) is 4.51. The second-order valence-electron chi connectivity index (χ2n) is 6.42. The van der Waals surface area contributed by atoms with Crippen LogP contribution in [0.4, 0.5) is 11.4 Å². The van der Waals surface area contributed by atoms with Gasteiger partial charge in [-0.2, -0.15) is 0 Å². The molecule has 0 unspecified atom stereocenters. The standard InChI is InChI=1S/C19H18IN5O3S/c1-11-7-14(20)8-12(2)17(11)21-16(26)10-29-19-23-22-18(24(19)3)13-5-4-6-15(9-13)25(27)28/h4-9H,10H2,1-3H3,(H,21,26). The summed E-state index contributed by atoms with van der Waals surface area (Å²) in [5.41, 5.74) is 3.43. The minimum absolute atomic E-state index is 0.0117. The topological polar surface area (TPSA) is 103 Å². The summed E-state index contributed by atoms with van der Waals surface area (Å²) in [5, 5.41) is 22.7. The fourth-order valence-electron chi connectivity index (χ4n) is 2.86. The first-order chi connectivity index (χ1) is 13.8. The van der Waals surface area contributed by atoms with Crippen molar-refractivity contribution in [3.8, 4) is 11.4 Å². The van der Waals surface area contributed by atoms with Crippen molar-refractivity contribution < 1.29 is 9.72 Å². The first kappa shape index (κ1) is 21.2. The number of halogens is 1. The summed E-state index contributed by atoms with van der Waals surface area (Å²) in [5.74, 6) is 0.537. The highest BCUT2D eigenvalue weighted by Gasteiger charge is 2.16. The van der Waals surface area contributed by atoms with Gasteiger partial charge in [0.15, 0.2) is 11.0 Å². The van der Waals surface area contributed by atoms with E-state index in [4.69, 9.17) is 0 Å². The summed E-state index contributed by atoms with van der Waals surface area (Å²) in [6, 6.07) is 10.3. The minimum Gasteiger partial charge on any atom is -0.325 e.